The number of hydrogen-bond donors (Lipinski definition) is 2. The molecular formula is C16H19N5O6S2. The lowest BCUT2D eigenvalue weighted by atomic mass is 10.2. The molecule has 1 aliphatic heterocycles. The minimum Gasteiger partial charge on any atom is -0.411 e. The molecule has 0 saturated carbocycles. The molecule has 3 rings (SSSR count). The van der Waals surface area contributed by atoms with Crippen LogP contribution in [-0.4, -0.2) is 66.9 Å². The third-order valence-electron chi connectivity index (χ3n) is 3.91. The molecule has 0 radical (unpaired) electrons. The van der Waals surface area contributed by atoms with Crippen molar-refractivity contribution in [2.75, 3.05) is 32.1 Å². The van der Waals surface area contributed by atoms with Crippen LogP contribution in [0.5, 0.6) is 0 Å². The summed E-state index contributed by atoms with van der Waals surface area (Å²) in [6, 6.07) is 5.35. The van der Waals surface area contributed by atoms with E-state index in [0.29, 0.717) is 37.6 Å². The fraction of sp³-hybridized carbons (Fsp3) is 0.375. The Kier molecular flexibility index (Phi) is 6.84. The van der Waals surface area contributed by atoms with Crippen LogP contribution in [0.2, 0.25) is 0 Å². The highest BCUT2D eigenvalue weighted by molar-refractivity contribution is 7.99. The van der Waals surface area contributed by atoms with Gasteiger partial charge in [-0.3, -0.25) is 10.1 Å². The van der Waals surface area contributed by atoms with Crippen molar-refractivity contribution < 1.29 is 27.2 Å². The molecule has 29 heavy (non-hydrogen) atoms. The highest BCUT2D eigenvalue weighted by Gasteiger charge is 2.26. The molecule has 1 aromatic heterocycles. The molecule has 11 nitrogen and oxygen atoms in total. The molecule has 156 valence electrons. The van der Waals surface area contributed by atoms with Crippen LogP contribution in [0.3, 0.4) is 0 Å². The molecule has 13 heteroatoms. The van der Waals surface area contributed by atoms with Gasteiger partial charge in [0.05, 0.1) is 18.1 Å². The third kappa shape index (κ3) is 5.53. The standard InChI is InChI=1S/C16H19N5O6S2/c17-15(23)18-13(22)4-9-28-16-20-19-14(27-16)11-2-1-3-12(10-11)29(24,25)21-5-7-26-8-6-21/h1-3,10H,4-9H2,(H3,17,18,22,23). The van der Waals surface area contributed by atoms with Crippen molar-refractivity contribution in [3.05, 3.63) is 24.3 Å². The van der Waals surface area contributed by atoms with Gasteiger partial charge < -0.3 is 14.9 Å². The summed E-state index contributed by atoms with van der Waals surface area (Å²) in [5, 5.41) is 9.98. The number of rotatable bonds is 7. The number of imide groups is 1. The SMILES string of the molecule is NC(=O)NC(=O)CCSc1nnc(-c2cccc(S(=O)(=O)N3CCOCC3)c2)o1. The first kappa shape index (κ1) is 21.2. The van der Waals surface area contributed by atoms with Gasteiger partial charge in [-0.25, -0.2) is 13.2 Å². The molecule has 1 fully saturated rings. The van der Waals surface area contributed by atoms with Crippen LogP contribution in [0.1, 0.15) is 6.42 Å². The van der Waals surface area contributed by atoms with Gasteiger partial charge in [0.15, 0.2) is 0 Å². The Bertz CT molecular complexity index is 987. The van der Waals surface area contributed by atoms with Crippen molar-refractivity contribution in [2.45, 2.75) is 16.5 Å². The van der Waals surface area contributed by atoms with Crippen LogP contribution in [-0.2, 0) is 19.6 Å². The van der Waals surface area contributed by atoms with Gasteiger partial charge >= 0.3 is 6.03 Å². The fourth-order valence-electron chi connectivity index (χ4n) is 2.54. The minimum atomic E-state index is -3.64. The van der Waals surface area contributed by atoms with Gasteiger partial charge in [0, 0.05) is 30.8 Å². The number of morpholine rings is 1. The third-order valence-corrected chi connectivity index (χ3v) is 6.63. The summed E-state index contributed by atoms with van der Waals surface area (Å²) < 4.78 is 37.7. The normalized spacial score (nSPS) is 15.2. The maximum Gasteiger partial charge on any atom is 0.318 e. The van der Waals surface area contributed by atoms with E-state index in [1.807, 2.05) is 5.32 Å². The monoisotopic (exact) mass is 441 g/mol. The number of hydrogen-bond acceptors (Lipinski definition) is 9. The average Bonchev–Trinajstić information content (AvgIpc) is 3.17. The highest BCUT2D eigenvalue weighted by atomic mass is 32.2. The summed E-state index contributed by atoms with van der Waals surface area (Å²) in [6.07, 6.45) is 0.0403. The largest absolute Gasteiger partial charge is 0.411 e. The van der Waals surface area contributed by atoms with Gasteiger partial charge in [0.25, 0.3) is 5.22 Å². The Morgan fingerprint density at radius 2 is 2.00 bits per heavy atom. The average molecular weight is 441 g/mol. The lowest BCUT2D eigenvalue weighted by Crippen LogP contribution is -2.40. The second-order valence-corrected chi connectivity index (χ2v) is 8.91. The Morgan fingerprint density at radius 3 is 2.72 bits per heavy atom. The summed E-state index contributed by atoms with van der Waals surface area (Å²) in [6.45, 7) is 1.33. The van der Waals surface area contributed by atoms with E-state index in [-0.39, 0.29) is 22.4 Å². The molecule has 0 spiro atoms. The number of primary amides is 1. The summed E-state index contributed by atoms with van der Waals surface area (Å²) in [5.41, 5.74) is 5.33. The topological polar surface area (TPSA) is 158 Å². The minimum absolute atomic E-state index is 0.0403. The van der Waals surface area contributed by atoms with Gasteiger partial charge in [-0.05, 0) is 18.2 Å². The van der Waals surface area contributed by atoms with E-state index in [1.165, 1.54) is 16.4 Å². The van der Waals surface area contributed by atoms with Crippen molar-refractivity contribution in [3.8, 4) is 11.5 Å². The number of nitrogens with two attached hydrogens (primary N) is 1. The molecular weight excluding hydrogens is 422 g/mol. The number of thioether (sulfide) groups is 1. The van der Waals surface area contributed by atoms with Crippen LogP contribution >= 0.6 is 11.8 Å². The maximum absolute atomic E-state index is 12.8. The Balaban J connectivity index is 1.67. The molecule has 0 aliphatic carbocycles. The summed E-state index contributed by atoms with van der Waals surface area (Å²) in [5.74, 6) is -0.0505. The number of carbonyl (C=O) groups is 2. The summed E-state index contributed by atoms with van der Waals surface area (Å²) in [7, 11) is -3.64. The Labute approximate surface area is 171 Å². The van der Waals surface area contributed by atoms with Crippen molar-refractivity contribution in [1.82, 2.24) is 19.8 Å². The first-order chi connectivity index (χ1) is 13.9. The molecule has 2 heterocycles. The quantitative estimate of drug-likeness (QED) is 0.581. The lowest BCUT2D eigenvalue weighted by molar-refractivity contribution is -0.119. The van der Waals surface area contributed by atoms with E-state index >= 15 is 0 Å². The lowest BCUT2D eigenvalue weighted by Gasteiger charge is -2.26. The van der Waals surface area contributed by atoms with E-state index in [1.54, 1.807) is 12.1 Å². The smallest absolute Gasteiger partial charge is 0.318 e. The number of nitrogens with zero attached hydrogens (tertiary/aromatic N) is 3. The number of urea groups is 1. The first-order valence-electron chi connectivity index (χ1n) is 8.60. The van der Waals surface area contributed by atoms with Crippen molar-refractivity contribution >= 4 is 33.7 Å². The number of sulfonamides is 1. The van der Waals surface area contributed by atoms with E-state index in [0.717, 1.165) is 11.8 Å². The van der Waals surface area contributed by atoms with E-state index in [4.69, 9.17) is 14.9 Å². The van der Waals surface area contributed by atoms with Crippen molar-refractivity contribution in [2.24, 2.45) is 5.73 Å². The van der Waals surface area contributed by atoms with Gasteiger partial charge in [-0.2, -0.15) is 4.31 Å². The number of aromatic nitrogens is 2. The molecule has 2 aromatic rings. The Hall–Kier alpha value is -2.48. The zero-order chi connectivity index (χ0) is 20.9. The van der Waals surface area contributed by atoms with Crippen LogP contribution in [0.4, 0.5) is 4.79 Å². The fourth-order valence-corrected chi connectivity index (χ4v) is 4.69. The molecule has 3 amide bonds. The van der Waals surface area contributed by atoms with E-state index in [9.17, 15) is 18.0 Å². The zero-order valence-electron chi connectivity index (χ0n) is 15.2. The zero-order valence-corrected chi connectivity index (χ0v) is 16.9. The number of carbonyl (C=O) groups excluding carboxylic acids is 2. The van der Waals surface area contributed by atoms with E-state index in [2.05, 4.69) is 10.2 Å². The summed E-state index contributed by atoms with van der Waals surface area (Å²) >= 11 is 1.13. The molecule has 1 aliphatic rings. The summed E-state index contributed by atoms with van der Waals surface area (Å²) in [4.78, 5) is 22.1. The number of amides is 3. The number of nitrogens with one attached hydrogen (secondary N) is 1. The number of ether oxygens (including phenoxy) is 1. The number of benzene rings is 1. The molecule has 0 atom stereocenters. The molecule has 0 unspecified atom stereocenters. The van der Waals surface area contributed by atoms with Gasteiger partial charge in [-0.15, -0.1) is 10.2 Å². The first-order valence-corrected chi connectivity index (χ1v) is 11.0. The Morgan fingerprint density at radius 1 is 1.24 bits per heavy atom. The van der Waals surface area contributed by atoms with Crippen molar-refractivity contribution in [1.29, 1.82) is 0 Å². The van der Waals surface area contributed by atoms with Crippen LogP contribution < -0.4 is 11.1 Å². The molecule has 1 saturated heterocycles. The predicted octanol–water partition coefficient (Wildman–Crippen LogP) is 0.435. The van der Waals surface area contributed by atoms with Gasteiger partial charge in [-0.1, -0.05) is 17.8 Å². The van der Waals surface area contributed by atoms with Crippen LogP contribution in [0.15, 0.2) is 38.8 Å². The predicted molar refractivity (Wildman–Crippen MR) is 102 cm³/mol. The van der Waals surface area contributed by atoms with E-state index < -0.39 is 22.0 Å². The molecule has 1 aromatic carbocycles. The van der Waals surface area contributed by atoms with Crippen LogP contribution in [0, 0.1) is 0 Å². The second kappa shape index (κ2) is 9.35. The second-order valence-electron chi connectivity index (χ2n) is 5.93. The highest BCUT2D eigenvalue weighted by Crippen LogP contribution is 2.26. The maximum atomic E-state index is 12.8. The molecule has 0 bridgehead atoms. The van der Waals surface area contributed by atoms with Gasteiger partial charge in [0.1, 0.15) is 0 Å². The van der Waals surface area contributed by atoms with Gasteiger partial charge in [0.2, 0.25) is 21.8 Å². The molecule has 3 N–H and O–H groups in total. The van der Waals surface area contributed by atoms with Crippen LogP contribution in [0.25, 0.3) is 11.5 Å². The van der Waals surface area contributed by atoms with Crippen molar-refractivity contribution in [3.63, 3.8) is 0 Å².